The quantitative estimate of drug-likeness (QED) is 0.848. The first-order valence-corrected chi connectivity index (χ1v) is 8.59. The fourth-order valence-corrected chi connectivity index (χ4v) is 3.89. The fourth-order valence-electron chi connectivity index (χ4n) is 3.89. The number of amides is 2. The predicted octanol–water partition coefficient (Wildman–Crippen LogP) is 1.34. The molecule has 2 aliphatic heterocycles. The summed E-state index contributed by atoms with van der Waals surface area (Å²) >= 11 is 0. The molecule has 0 bridgehead atoms. The van der Waals surface area contributed by atoms with Gasteiger partial charge >= 0.3 is 0 Å². The number of likely N-dealkylation sites (tertiary alicyclic amines) is 1. The van der Waals surface area contributed by atoms with Gasteiger partial charge in [-0.05, 0) is 32.4 Å². The summed E-state index contributed by atoms with van der Waals surface area (Å²) in [6.45, 7) is 11.2. The third kappa shape index (κ3) is 2.65. The minimum atomic E-state index is -0.612. The van der Waals surface area contributed by atoms with Crippen LogP contribution in [0, 0.1) is 0 Å². The van der Waals surface area contributed by atoms with Gasteiger partial charge < -0.3 is 14.8 Å². The molecule has 0 aromatic carbocycles. The van der Waals surface area contributed by atoms with Crippen molar-refractivity contribution in [3.05, 3.63) is 36.7 Å². The molecule has 6 nitrogen and oxygen atoms in total. The van der Waals surface area contributed by atoms with Crippen molar-refractivity contribution in [1.82, 2.24) is 19.7 Å². The molecule has 0 saturated carbocycles. The highest BCUT2D eigenvalue weighted by Crippen LogP contribution is 2.34. The van der Waals surface area contributed by atoms with Crippen LogP contribution < -0.4 is 0 Å². The number of hydrogen-bond acceptors (Lipinski definition) is 3. The van der Waals surface area contributed by atoms with Gasteiger partial charge in [0.15, 0.2) is 0 Å². The van der Waals surface area contributed by atoms with Gasteiger partial charge in [-0.25, -0.2) is 0 Å². The summed E-state index contributed by atoms with van der Waals surface area (Å²) in [7, 11) is 0. The van der Waals surface area contributed by atoms with Crippen molar-refractivity contribution in [2.75, 3.05) is 32.7 Å². The van der Waals surface area contributed by atoms with Crippen LogP contribution in [0.15, 0.2) is 31.0 Å². The zero-order valence-electron chi connectivity index (χ0n) is 14.5. The van der Waals surface area contributed by atoms with E-state index in [1.54, 1.807) is 17.2 Å². The highest BCUT2D eigenvalue weighted by molar-refractivity contribution is 5.95. The smallest absolute Gasteiger partial charge is 0.270 e. The van der Waals surface area contributed by atoms with Crippen LogP contribution in [0.1, 0.15) is 30.8 Å². The molecular formula is C18H26N4O2. The summed E-state index contributed by atoms with van der Waals surface area (Å²) < 4.78 is 0. The van der Waals surface area contributed by atoms with Crippen molar-refractivity contribution < 1.29 is 9.59 Å². The van der Waals surface area contributed by atoms with Crippen molar-refractivity contribution in [3.8, 4) is 0 Å². The number of H-pyrrole nitrogens is 1. The largest absolute Gasteiger partial charge is 0.357 e. The summed E-state index contributed by atoms with van der Waals surface area (Å²) in [5.74, 6) is 0.109. The Morgan fingerprint density at radius 3 is 2.83 bits per heavy atom. The lowest BCUT2D eigenvalue weighted by molar-refractivity contribution is -0.152. The SMILES string of the molecule is C=CCN1CCN(C(C)C)C(=O)[C@@]12CCN(C(=O)c1ccc[nH]1)C2. The van der Waals surface area contributed by atoms with Crippen molar-refractivity contribution in [1.29, 1.82) is 0 Å². The second-order valence-corrected chi connectivity index (χ2v) is 6.92. The third-order valence-electron chi connectivity index (χ3n) is 5.21. The molecule has 1 aromatic heterocycles. The molecule has 1 spiro atoms. The van der Waals surface area contributed by atoms with Crippen LogP contribution in [0.4, 0.5) is 0 Å². The van der Waals surface area contributed by atoms with Crippen LogP contribution in [0.3, 0.4) is 0 Å². The van der Waals surface area contributed by atoms with Gasteiger partial charge in [-0.1, -0.05) is 6.08 Å². The van der Waals surface area contributed by atoms with Gasteiger partial charge in [0.25, 0.3) is 5.91 Å². The normalized spacial score (nSPS) is 25.0. The number of aromatic amines is 1. The number of carbonyl (C=O) groups excluding carboxylic acids is 2. The Kier molecular flexibility index (Phi) is 4.49. The minimum absolute atomic E-state index is 0.0371. The second-order valence-electron chi connectivity index (χ2n) is 6.92. The third-order valence-corrected chi connectivity index (χ3v) is 5.21. The average Bonchev–Trinajstić information content (AvgIpc) is 3.22. The Hall–Kier alpha value is -2.08. The molecule has 24 heavy (non-hydrogen) atoms. The van der Waals surface area contributed by atoms with Crippen molar-refractivity contribution in [2.45, 2.75) is 31.8 Å². The lowest BCUT2D eigenvalue weighted by Gasteiger charge is -2.48. The van der Waals surface area contributed by atoms with Crippen LogP contribution >= 0.6 is 0 Å². The van der Waals surface area contributed by atoms with Gasteiger partial charge in [0.1, 0.15) is 11.2 Å². The first-order chi connectivity index (χ1) is 11.5. The first-order valence-electron chi connectivity index (χ1n) is 8.59. The average molecular weight is 330 g/mol. The molecule has 0 aliphatic carbocycles. The molecule has 3 rings (SSSR count). The highest BCUT2D eigenvalue weighted by atomic mass is 16.2. The Labute approximate surface area is 143 Å². The van der Waals surface area contributed by atoms with Gasteiger partial charge in [0, 0.05) is 45.0 Å². The van der Waals surface area contributed by atoms with Crippen molar-refractivity contribution in [3.63, 3.8) is 0 Å². The number of nitrogens with one attached hydrogen (secondary N) is 1. The minimum Gasteiger partial charge on any atom is -0.357 e. The molecule has 1 N–H and O–H groups in total. The van der Waals surface area contributed by atoms with E-state index in [1.807, 2.05) is 30.9 Å². The van der Waals surface area contributed by atoms with E-state index in [0.29, 0.717) is 31.7 Å². The highest BCUT2D eigenvalue weighted by Gasteiger charge is 2.54. The van der Waals surface area contributed by atoms with Crippen LogP contribution in [0.5, 0.6) is 0 Å². The Balaban J connectivity index is 1.86. The summed E-state index contributed by atoms with van der Waals surface area (Å²) in [5, 5.41) is 0. The molecule has 6 heteroatoms. The molecule has 1 aromatic rings. The Morgan fingerprint density at radius 2 is 2.21 bits per heavy atom. The maximum absolute atomic E-state index is 13.2. The van der Waals surface area contributed by atoms with Crippen LogP contribution in [-0.2, 0) is 4.79 Å². The number of carbonyl (C=O) groups is 2. The standard InChI is InChI=1S/C18H26N4O2/c1-4-9-21-11-12-22(14(2)3)17(24)18(21)7-10-20(13-18)16(23)15-6-5-8-19-15/h4-6,8,14,19H,1,7,9-13H2,2-3H3/t18-/m0/s1. The monoisotopic (exact) mass is 330 g/mol. The van der Waals surface area contributed by atoms with Gasteiger partial charge in [0.05, 0.1) is 0 Å². The molecule has 1 atom stereocenters. The fraction of sp³-hybridized carbons (Fsp3) is 0.556. The number of piperazine rings is 1. The molecule has 2 aliphatic rings. The zero-order chi connectivity index (χ0) is 17.3. The lowest BCUT2D eigenvalue weighted by Crippen LogP contribution is -2.68. The maximum Gasteiger partial charge on any atom is 0.270 e. The summed E-state index contributed by atoms with van der Waals surface area (Å²) in [6.07, 6.45) is 4.26. The van der Waals surface area contributed by atoms with Crippen molar-refractivity contribution in [2.24, 2.45) is 0 Å². The van der Waals surface area contributed by atoms with Crippen LogP contribution in [0.2, 0.25) is 0 Å². The predicted molar refractivity (Wildman–Crippen MR) is 92.7 cm³/mol. The van der Waals surface area contributed by atoms with Gasteiger partial charge in [-0.2, -0.15) is 0 Å². The number of rotatable bonds is 4. The summed E-state index contributed by atoms with van der Waals surface area (Å²) in [4.78, 5) is 34.8. The molecule has 3 heterocycles. The number of nitrogens with zero attached hydrogens (tertiary/aromatic N) is 3. The van der Waals surface area contributed by atoms with E-state index in [-0.39, 0.29) is 17.9 Å². The number of hydrogen-bond donors (Lipinski definition) is 1. The molecule has 0 radical (unpaired) electrons. The maximum atomic E-state index is 13.2. The van der Waals surface area contributed by atoms with Gasteiger partial charge in [-0.15, -0.1) is 6.58 Å². The van der Waals surface area contributed by atoms with E-state index in [4.69, 9.17) is 0 Å². The summed E-state index contributed by atoms with van der Waals surface area (Å²) in [6, 6.07) is 3.77. The van der Waals surface area contributed by atoms with Gasteiger partial charge in [0.2, 0.25) is 5.91 Å². The Bertz CT molecular complexity index is 625. The first kappa shape index (κ1) is 16.8. The van der Waals surface area contributed by atoms with Crippen molar-refractivity contribution >= 4 is 11.8 Å². The topological polar surface area (TPSA) is 59.6 Å². The van der Waals surface area contributed by atoms with E-state index < -0.39 is 5.54 Å². The van der Waals surface area contributed by atoms with E-state index >= 15 is 0 Å². The summed E-state index contributed by atoms with van der Waals surface area (Å²) in [5.41, 5.74) is -0.0369. The number of aromatic nitrogens is 1. The van der Waals surface area contributed by atoms with Gasteiger partial charge in [-0.3, -0.25) is 14.5 Å². The molecule has 130 valence electrons. The Morgan fingerprint density at radius 1 is 1.42 bits per heavy atom. The van der Waals surface area contributed by atoms with Crippen LogP contribution in [0.25, 0.3) is 0 Å². The van der Waals surface area contributed by atoms with E-state index in [9.17, 15) is 9.59 Å². The molecule has 2 fully saturated rings. The molecule has 2 amide bonds. The van der Waals surface area contributed by atoms with E-state index in [0.717, 1.165) is 13.1 Å². The molecule has 0 unspecified atom stereocenters. The molecular weight excluding hydrogens is 304 g/mol. The second kappa shape index (κ2) is 6.43. The lowest BCUT2D eigenvalue weighted by atomic mass is 9.90. The van der Waals surface area contributed by atoms with E-state index in [2.05, 4.69) is 16.5 Å². The molecule has 2 saturated heterocycles. The van der Waals surface area contributed by atoms with Crippen LogP contribution in [-0.4, -0.2) is 75.8 Å². The van der Waals surface area contributed by atoms with E-state index in [1.165, 1.54) is 0 Å². The zero-order valence-corrected chi connectivity index (χ0v) is 14.5.